The number of nitrogens with zero attached hydrogens (tertiary/aromatic N) is 3. The van der Waals surface area contributed by atoms with E-state index in [1.54, 1.807) is 19.2 Å². The molecule has 4 aliphatic rings. The van der Waals surface area contributed by atoms with Crippen LogP contribution in [0.25, 0.3) is 11.6 Å². The molecule has 6 rings (SSSR count). The van der Waals surface area contributed by atoms with Gasteiger partial charge in [-0.15, -0.1) is 10.2 Å². The van der Waals surface area contributed by atoms with Gasteiger partial charge < -0.3 is 15.1 Å². The van der Waals surface area contributed by atoms with Crippen LogP contribution in [0.4, 0.5) is 14.5 Å². The van der Waals surface area contributed by atoms with Gasteiger partial charge in [-0.2, -0.15) is 0 Å². The first-order valence-electron chi connectivity index (χ1n) is 9.00. The van der Waals surface area contributed by atoms with Gasteiger partial charge in [-0.05, 0) is 44.7 Å². The van der Waals surface area contributed by atoms with Crippen molar-refractivity contribution in [3.63, 3.8) is 0 Å². The van der Waals surface area contributed by atoms with Gasteiger partial charge in [0.05, 0.1) is 5.69 Å². The molecule has 27 heavy (non-hydrogen) atoms. The SMILES string of the molecule is C[C@]1(c2nnc(-c3ncccc3NC34CC(C(F)F)(C3)C4)o2)CCNC1=O. The fourth-order valence-corrected chi connectivity index (χ4v) is 4.67. The molecule has 0 spiro atoms. The van der Waals surface area contributed by atoms with Crippen LogP contribution >= 0.6 is 0 Å². The van der Waals surface area contributed by atoms with E-state index in [2.05, 4.69) is 25.8 Å². The number of aromatic nitrogens is 3. The molecule has 1 aliphatic heterocycles. The molecule has 0 aromatic carbocycles. The molecule has 4 fully saturated rings. The molecule has 3 heterocycles. The van der Waals surface area contributed by atoms with Gasteiger partial charge in [0.15, 0.2) is 5.69 Å². The normalized spacial score (nSPS) is 34.1. The molecule has 0 unspecified atom stereocenters. The molecule has 1 amide bonds. The standard InChI is InChI=1S/C18H19F2N5O2/c1-16(4-6-22-14(16)26)15-25-24-12(27-15)11-10(3-2-5-21-11)23-18-7-17(8-18,9-18)13(19)20/h2-3,5,13,23H,4,6-9H2,1H3,(H,22,26)/t16-,17?,18?/m0/s1. The first-order chi connectivity index (χ1) is 12.9. The van der Waals surface area contributed by atoms with Crippen molar-refractivity contribution >= 4 is 11.6 Å². The number of alkyl halides is 2. The third-order valence-electron chi connectivity index (χ3n) is 6.25. The van der Waals surface area contributed by atoms with Crippen LogP contribution in [-0.4, -0.2) is 39.6 Å². The highest BCUT2D eigenvalue weighted by atomic mass is 19.3. The van der Waals surface area contributed by atoms with Gasteiger partial charge in [0, 0.05) is 23.7 Å². The Balaban J connectivity index is 1.41. The summed E-state index contributed by atoms with van der Waals surface area (Å²) in [5.74, 6) is 0.332. The number of hydrogen-bond acceptors (Lipinski definition) is 6. The summed E-state index contributed by atoms with van der Waals surface area (Å²) in [7, 11) is 0. The third kappa shape index (κ3) is 2.23. The lowest BCUT2D eigenvalue weighted by atomic mass is 9.39. The number of rotatable bonds is 5. The van der Waals surface area contributed by atoms with Crippen molar-refractivity contribution < 1.29 is 18.0 Å². The van der Waals surface area contributed by atoms with Crippen LogP contribution in [0.15, 0.2) is 22.7 Å². The highest BCUT2D eigenvalue weighted by Gasteiger charge is 2.72. The summed E-state index contributed by atoms with van der Waals surface area (Å²) in [5.41, 5.74) is -0.804. The van der Waals surface area contributed by atoms with E-state index in [1.807, 2.05) is 6.07 Å². The fraction of sp³-hybridized carbons (Fsp3) is 0.556. The molecule has 7 nitrogen and oxygen atoms in total. The molecule has 1 saturated heterocycles. The van der Waals surface area contributed by atoms with Crippen molar-refractivity contribution in [2.45, 2.75) is 50.0 Å². The Morgan fingerprint density at radius 3 is 2.74 bits per heavy atom. The molecule has 2 aromatic heterocycles. The molecular formula is C18H19F2N5O2. The number of nitrogens with one attached hydrogen (secondary N) is 2. The maximum Gasteiger partial charge on any atom is 0.268 e. The van der Waals surface area contributed by atoms with Crippen molar-refractivity contribution in [3.8, 4) is 11.6 Å². The van der Waals surface area contributed by atoms with Gasteiger partial charge in [0.2, 0.25) is 18.2 Å². The zero-order chi connectivity index (χ0) is 18.9. The fourth-order valence-electron chi connectivity index (χ4n) is 4.67. The Kier molecular flexibility index (Phi) is 3.22. The van der Waals surface area contributed by atoms with E-state index in [0.717, 1.165) is 0 Å². The van der Waals surface area contributed by atoms with Gasteiger partial charge in [-0.25, -0.2) is 13.8 Å². The van der Waals surface area contributed by atoms with Crippen molar-refractivity contribution in [3.05, 3.63) is 24.2 Å². The quantitative estimate of drug-likeness (QED) is 0.834. The lowest BCUT2D eigenvalue weighted by Gasteiger charge is -2.70. The molecule has 0 radical (unpaired) electrons. The molecular weight excluding hydrogens is 356 g/mol. The summed E-state index contributed by atoms with van der Waals surface area (Å²) >= 11 is 0. The van der Waals surface area contributed by atoms with Crippen LogP contribution in [0.1, 0.15) is 38.5 Å². The van der Waals surface area contributed by atoms with Gasteiger partial charge in [-0.3, -0.25) is 4.79 Å². The zero-order valence-electron chi connectivity index (χ0n) is 14.8. The first kappa shape index (κ1) is 16.6. The van der Waals surface area contributed by atoms with Crippen molar-refractivity contribution in [2.75, 3.05) is 11.9 Å². The molecule has 2 bridgehead atoms. The largest absolute Gasteiger partial charge is 0.418 e. The number of pyridine rings is 1. The summed E-state index contributed by atoms with van der Waals surface area (Å²) < 4.78 is 31.9. The summed E-state index contributed by atoms with van der Waals surface area (Å²) in [6.07, 6.45) is 1.29. The minimum Gasteiger partial charge on any atom is -0.418 e. The second-order valence-corrected chi connectivity index (χ2v) is 8.25. The number of carbonyl (C=O) groups is 1. The van der Waals surface area contributed by atoms with Crippen LogP contribution in [0.3, 0.4) is 0 Å². The Bertz CT molecular complexity index is 910. The topological polar surface area (TPSA) is 92.9 Å². The van der Waals surface area contributed by atoms with Crippen molar-refractivity contribution in [1.82, 2.24) is 20.5 Å². The van der Waals surface area contributed by atoms with E-state index in [1.165, 1.54) is 0 Å². The molecule has 2 aromatic rings. The van der Waals surface area contributed by atoms with Gasteiger partial charge in [0.25, 0.3) is 5.89 Å². The number of amides is 1. The number of anilines is 1. The van der Waals surface area contributed by atoms with Crippen LogP contribution in [0.2, 0.25) is 0 Å². The number of halogens is 2. The molecule has 1 atom stereocenters. The maximum absolute atomic E-state index is 13.1. The van der Waals surface area contributed by atoms with E-state index in [9.17, 15) is 13.6 Å². The van der Waals surface area contributed by atoms with E-state index in [0.29, 0.717) is 43.6 Å². The summed E-state index contributed by atoms with van der Waals surface area (Å²) in [5, 5.41) is 14.3. The Morgan fingerprint density at radius 1 is 1.30 bits per heavy atom. The molecule has 142 valence electrons. The van der Waals surface area contributed by atoms with E-state index in [4.69, 9.17) is 4.42 Å². The minimum absolute atomic E-state index is 0.136. The van der Waals surface area contributed by atoms with Crippen LogP contribution < -0.4 is 10.6 Å². The average Bonchev–Trinajstić information content (AvgIpc) is 3.18. The number of hydrogen-bond donors (Lipinski definition) is 2. The summed E-state index contributed by atoms with van der Waals surface area (Å²) in [6.45, 7) is 2.34. The summed E-state index contributed by atoms with van der Waals surface area (Å²) in [6, 6.07) is 3.59. The monoisotopic (exact) mass is 375 g/mol. The van der Waals surface area contributed by atoms with Gasteiger partial charge in [0.1, 0.15) is 5.41 Å². The van der Waals surface area contributed by atoms with E-state index in [-0.39, 0.29) is 23.2 Å². The number of carbonyl (C=O) groups excluding carboxylic acids is 1. The lowest BCUT2D eigenvalue weighted by Crippen LogP contribution is -2.73. The van der Waals surface area contributed by atoms with E-state index >= 15 is 0 Å². The maximum atomic E-state index is 13.1. The predicted molar refractivity (Wildman–Crippen MR) is 91.1 cm³/mol. The second kappa shape index (κ2) is 5.24. The lowest BCUT2D eigenvalue weighted by molar-refractivity contribution is -0.204. The predicted octanol–water partition coefficient (Wildman–Crippen LogP) is 2.51. The highest BCUT2D eigenvalue weighted by Crippen LogP contribution is 2.70. The minimum atomic E-state index is -2.27. The third-order valence-corrected chi connectivity index (χ3v) is 6.25. The second-order valence-electron chi connectivity index (χ2n) is 8.25. The van der Waals surface area contributed by atoms with Gasteiger partial charge >= 0.3 is 0 Å². The zero-order valence-corrected chi connectivity index (χ0v) is 14.8. The smallest absolute Gasteiger partial charge is 0.268 e. The first-order valence-corrected chi connectivity index (χ1v) is 9.00. The van der Waals surface area contributed by atoms with Crippen molar-refractivity contribution in [2.24, 2.45) is 5.41 Å². The molecule has 3 saturated carbocycles. The molecule has 2 N–H and O–H groups in total. The molecule has 3 aliphatic carbocycles. The Labute approximate surface area is 153 Å². The van der Waals surface area contributed by atoms with Crippen molar-refractivity contribution in [1.29, 1.82) is 0 Å². The van der Waals surface area contributed by atoms with Crippen LogP contribution in [0, 0.1) is 5.41 Å². The average molecular weight is 375 g/mol. The van der Waals surface area contributed by atoms with E-state index < -0.39 is 17.3 Å². The van der Waals surface area contributed by atoms with Crippen LogP contribution in [-0.2, 0) is 10.2 Å². The molecule has 9 heteroatoms. The Morgan fingerprint density at radius 2 is 2.07 bits per heavy atom. The highest BCUT2D eigenvalue weighted by molar-refractivity contribution is 5.88. The Hall–Kier alpha value is -2.58. The summed E-state index contributed by atoms with van der Waals surface area (Å²) in [4.78, 5) is 16.4. The van der Waals surface area contributed by atoms with Crippen LogP contribution in [0.5, 0.6) is 0 Å². The van der Waals surface area contributed by atoms with Gasteiger partial charge in [-0.1, -0.05) is 0 Å².